The van der Waals surface area contributed by atoms with E-state index >= 15 is 0 Å². The zero-order valence-electron chi connectivity index (χ0n) is 18.9. The summed E-state index contributed by atoms with van der Waals surface area (Å²) >= 11 is 6.10. The number of guanidine groups is 1. The lowest BCUT2D eigenvalue weighted by molar-refractivity contribution is 0.233. The molecule has 0 saturated carbocycles. The van der Waals surface area contributed by atoms with Gasteiger partial charge in [-0.05, 0) is 28.3 Å². The molecule has 2 aliphatic heterocycles. The third-order valence-corrected chi connectivity index (χ3v) is 11.9. The first-order chi connectivity index (χ1) is 14.9. The fourth-order valence-electron chi connectivity index (χ4n) is 4.86. The van der Waals surface area contributed by atoms with E-state index in [9.17, 15) is 0 Å². The second-order valence-corrected chi connectivity index (χ2v) is 14.3. The zero-order valence-corrected chi connectivity index (χ0v) is 20.6. The van der Waals surface area contributed by atoms with Gasteiger partial charge in [-0.3, -0.25) is 0 Å². The maximum Gasteiger partial charge on any atom is 0.261 e. The number of fused-ring (bicyclic) bond motifs is 1. The molecule has 4 rings (SSSR count). The number of nitrogens with zero attached hydrogens (tertiary/aromatic N) is 2. The van der Waals surface area contributed by atoms with E-state index in [0.717, 1.165) is 31.9 Å². The Kier molecular flexibility index (Phi) is 6.75. The van der Waals surface area contributed by atoms with Gasteiger partial charge in [0.15, 0.2) is 5.96 Å². The van der Waals surface area contributed by atoms with E-state index in [2.05, 4.69) is 91.7 Å². The summed E-state index contributed by atoms with van der Waals surface area (Å²) in [5, 5.41) is 6.14. The number of nitrogens with one attached hydrogen (secondary N) is 1. The highest BCUT2D eigenvalue weighted by molar-refractivity contribution is 6.99. The van der Waals surface area contributed by atoms with Crippen molar-refractivity contribution in [1.82, 2.24) is 10.2 Å². The summed E-state index contributed by atoms with van der Waals surface area (Å²) in [6.07, 6.45) is 2.10. The van der Waals surface area contributed by atoms with Crippen molar-refractivity contribution < 1.29 is 4.43 Å². The number of rotatable bonds is 6. The molecule has 2 aliphatic rings. The molecule has 2 atom stereocenters. The van der Waals surface area contributed by atoms with Crippen molar-refractivity contribution in [2.45, 2.75) is 50.7 Å². The Balaban J connectivity index is 1.65. The normalized spacial score (nSPS) is 21.8. The van der Waals surface area contributed by atoms with Crippen LogP contribution >= 0.6 is 11.6 Å². The monoisotopic (exact) mass is 455 g/mol. The van der Waals surface area contributed by atoms with Crippen molar-refractivity contribution in [3.63, 3.8) is 0 Å². The van der Waals surface area contributed by atoms with Crippen molar-refractivity contribution in [2.24, 2.45) is 4.99 Å². The molecule has 0 aliphatic carbocycles. The van der Waals surface area contributed by atoms with Gasteiger partial charge in [-0.15, -0.1) is 11.6 Å². The summed E-state index contributed by atoms with van der Waals surface area (Å²) in [7, 11) is -2.52. The predicted octanol–water partition coefficient (Wildman–Crippen LogP) is 3.59. The second kappa shape index (κ2) is 9.35. The minimum atomic E-state index is -2.52. The molecular formula is C25H34ClN3OSi. The van der Waals surface area contributed by atoms with Crippen LogP contribution in [0.25, 0.3) is 0 Å². The van der Waals surface area contributed by atoms with Crippen LogP contribution in [0, 0.1) is 0 Å². The number of hydrogen-bond acceptors (Lipinski definition) is 4. The van der Waals surface area contributed by atoms with Gasteiger partial charge in [0.1, 0.15) is 0 Å². The molecule has 0 radical (unpaired) electrons. The summed E-state index contributed by atoms with van der Waals surface area (Å²) < 4.78 is 7.10. The number of aliphatic imine (C=N–C) groups is 1. The molecule has 2 aromatic rings. The lowest BCUT2D eigenvalue weighted by atomic mass is 10.1. The third kappa shape index (κ3) is 4.55. The first-order valence-electron chi connectivity index (χ1n) is 11.3. The number of halogens is 1. The van der Waals surface area contributed by atoms with Gasteiger partial charge >= 0.3 is 0 Å². The van der Waals surface area contributed by atoms with Crippen molar-refractivity contribution >= 4 is 36.3 Å². The highest BCUT2D eigenvalue weighted by Gasteiger charge is 2.50. The summed E-state index contributed by atoms with van der Waals surface area (Å²) in [6, 6.07) is 22.1. The summed E-state index contributed by atoms with van der Waals surface area (Å²) in [5.41, 5.74) is 0. The van der Waals surface area contributed by atoms with E-state index in [-0.39, 0.29) is 11.1 Å². The minimum Gasteiger partial charge on any atom is -0.405 e. The standard InChI is InChI=1S/C25H34ClN3OSi/c1-25(2,3)31(22-10-6-4-7-11-22,23-12-8-5-9-13-23)30-19-21-15-17-29-16-14-20(18-26)27-24(29)28-21/h4-13,20-21H,14-19H2,1-3H3,(H,27,28)/t20-,21-/m1/s1. The maximum atomic E-state index is 7.10. The Hall–Kier alpha value is -1.82. The van der Waals surface area contributed by atoms with E-state index in [0.29, 0.717) is 18.5 Å². The summed E-state index contributed by atoms with van der Waals surface area (Å²) in [6.45, 7) is 9.66. The molecule has 4 nitrogen and oxygen atoms in total. The average Bonchev–Trinajstić information content (AvgIpc) is 2.79. The van der Waals surface area contributed by atoms with E-state index in [1.165, 1.54) is 10.4 Å². The lowest BCUT2D eigenvalue weighted by Crippen LogP contribution is -2.67. The quantitative estimate of drug-likeness (QED) is 0.534. The Morgan fingerprint density at radius 1 is 1.00 bits per heavy atom. The Morgan fingerprint density at radius 3 is 2.13 bits per heavy atom. The molecule has 0 spiro atoms. The highest BCUT2D eigenvalue weighted by Crippen LogP contribution is 2.37. The molecule has 2 heterocycles. The largest absolute Gasteiger partial charge is 0.405 e. The van der Waals surface area contributed by atoms with Crippen molar-refractivity contribution in [1.29, 1.82) is 0 Å². The van der Waals surface area contributed by atoms with Crippen molar-refractivity contribution in [3.8, 4) is 0 Å². The molecule has 0 bridgehead atoms. The summed E-state index contributed by atoms with van der Waals surface area (Å²) in [4.78, 5) is 7.39. The van der Waals surface area contributed by atoms with Crippen LogP contribution in [-0.4, -0.2) is 56.8 Å². The molecule has 31 heavy (non-hydrogen) atoms. The molecule has 6 heteroatoms. The fraction of sp³-hybridized carbons (Fsp3) is 0.480. The second-order valence-electron chi connectivity index (χ2n) is 9.64. The maximum absolute atomic E-state index is 7.10. The van der Waals surface area contributed by atoms with Crippen LogP contribution in [0.15, 0.2) is 65.7 Å². The van der Waals surface area contributed by atoms with Crippen molar-refractivity contribution in [3.05, 3.63) is 60.7 Å². The molecule has 1 fully saturated rings. The van der Waals surface area contributed by atoms with Crippen LogP contribution in [-0.2, 0) is 4.43 Å². The third-order valence-electron chi connectivity index (χ3n) is 6.51. The Labute approximate surface area is 192 Å². The fourth-order valence-corrected chi connectivity index (χ4v) is 9.69. The number of benzene rings is 2. The van der Waals surface area contributed by atoms with E-state index in [1.807, 2.05) is 0 Å². The van der Waals surface area contributed by atoms with E-state index in [4.69, 9.17) is 21.0 Å². The van der Waals surface area contributed by atoms with E-state index in [1.54, 1.807) is 0 Å². The molecule has 2 aromatic carbocycles. The van der Waals surface area contributed by atoms with Gasteiger partial charge in [-0.25, -0.2) is 4.99 Å². The van der Waals surface area contributed by atoms with Gasteiger partial charge in [0.2, 0.25) is 0 Å². The zero-order chi connectivity index (χ0) is 21.9. The minimum absolute atomic E-state index is 0.0175. The highest BCUT2D eigenvalue weighted by atomic mass is 35.5. The smallest absolute Gasteiger partial charge is 0.261 e. The first-order valence-corrected chi connectivity index (χ1v) is 13.8. The van der Waals surface area contributed by atoms with Gasteiger partial charge in [-0.2, -0.15) is 0 Å². The topological polar surface area (TPSA) is 36.9 Å². The molecule has 1 saturated heterocycles. The molecule has 0 unspecified atom stereocenters. The Bertz CT molecular complexity index is 845. The SMILES string of the molecule is CC(C)(C)[Si](OC[C@H]1CCN2CC[C@H](CCl)NC2=N1)(c1ccccc1)c1ccccc1. The average molecular weight is 456 g/mol. The molecule has 0 aromatic heterocycles. The molecule has 0 amide bonds. The molecule has 166 valence electrons. The van der Waals surface area contributed by atoms with Crippen LogP contribution in [0.2, 0.25) is 5.04 Å². The molecular weight excluding hydrogens is 422 g/mol. The van der Waals surface area contributed by atoms with Gasteiger partial charge in [-0.1, -0.05) is 81.4 Å². The van der Waals surface area contributed by atoms with Gasteiger partial charge in [0.05, 0.1) is 12.6 Å². The molecule has 1 N–H and O–H groups in total. The summed E-state index contributed by atoms with van der Waals surface area (Å²) in [5.74, 6) is 1.62. The van der Waals surface area contributed by atoms with Crippen LogP contribution in [0.1, 0.15) is 33.6 Å². The Morgan fingerprint density at radius 2 is 1.58 bits per heavy atom. The van der Waals surface area contributed by atoms with Gasteiger partial charge < -0.3 is 14.6 Å². The van der Waals surface area contributed by atoms with Crippen LogP contribution < -0.4 is 15.7 Å². The van der Waals surface area contributed by atoms with Gasteiger partial charge in [0.25, 0.3) is 8.32 Å². The van der Waals surface area contributed by atoms with Crippen molar-refractivity contribution in [2.75, 3.05) is 25.6 Å². The number of hydrogen-bond donors (Lipinski definition) is 1. The first kappa shape index (κ1) is 22.4. The van der Waals surface area contributed by atoms with Crippen LogP contribution in [0.4, 0.5) is 0 Å². The lowest BCUT2D eigenvalue weighted by Gasteiger charge is -2.44. The number of alkyl halides is 1. The van der Waals surface area contributed by atoms with Crippen LogP contribution in [0.3, 0.4) is 0 Å². The van der Waals surface area contributed by atoms with Gasteiger partial charge in [0, 0.05) is 25.0 Å². The van der Waals surface area contributed by atoms with E-state index < -0.39 is 8.32 Å². The van der Waals surface area contributed by atoms with Crippen LogP contribution in [0.5, 0.6) is 0 Å². The predicted molar refractivity (Wildman–Crippen MR) is 133 cm³/mol.